The number of para-hydroxylation sites is 2. The molecule has 0 saturated heterocycles. The van der Waals surface area contributed by atoms with Crippen LogP contribution in [0.25, 0.3) is 5.69 Å². The average Bonchev–Trinajstić information content (AvgIpc) is 3.11. The number of carbonyl (C=O) groups excluding carboxylic acids is 1. The van der Waals surface area contributed by atoms with Crippen LogP contribution in [0.2, 0.25) is 0 Å². The minimum atomic E-state index is -0.277. The maximum Gasteiger partial charge on any atom is 0.233 e. The standard InChI is InChI=1S/C18H25N5O2S/c1-3-25-16-12-8-7-11-15(16)23-18(20-21-22-23)26-13(2)17(24)19-14-9-5-4-6-10-14/h7-8,11-14H,3-6,9-10H2,1-2H3,(H,19,24). The summed E-state index contributed by atoms with van der Waals surface area (Å²) in [5, 5.41) is 15.4. The Bertz CT molecular complexity index is 730. The number of thioether (sulfide) groups is 1. The van der Waals surface area contributed by atoms with Crippen molar-refractivity contribution in [3.63, 3.8) is 0 Å². The van der Waals surface area contributed by atoms with Gasteiger partial charge in [0.1, 0.15) is 11.4 Å². The number of rotatable bonds is 7. The van der Waals surface area contributed by atoms with E-state index >= 15 is 0 Å². The molecule has 1 aromatic heterocycles. The average molecular weight is 375 g/mol. The van der Waals surface area contributed by atoms with Crippen LogP contribution in [0.1, 0.15) is 46.0 Å². The highest BCUT2D eigenvalue weighted by molar-refractivity contribution is 8.00. The van der Waals surface area contributed by atoms with E-state index in [2.05, 4.69) is 20.8 Å². The lowest BCUT2D eigenvalue weighted by Gasteiger charge is -2.24. The molecule has 1 aliphatic carbocycles. The molecule has 1 aromatic carbocycles. The third-order valence-corrected chi connectivity index (χ3v) is 5.47. The topological polar surface area (TPSA) is 81.9 Å². The SMILES string of the molecule is CCOc1ccccc1-n1nnnc1SC(C)C(=O)NC1CCCCC1. The van der Waals surface area contributed by atoms with Crippen molar-refractivity contribution in [1.29, 1.82) is 0 Å². The molecule has 1 N–H and O–H groups in total. The van der Waals surface area contributed by atoms with E-state index in [0.717, 1.165) is 18.5 Å². The van der Waals surface area contributed by atoms with Crippen LogP contribution in [-0.4, -0.2) is 44.0 Å². The second-order valence-electron chi connectivity index (χ2n) is 6.38. The zero-order valence-electron chi connectivity index (χ0n) is 15.2. The van der Waals surface area contributed by atoms with Gasteiger partial charge in [-0.3, -0.25) is 4.79 Å². The van der Waals surface area contributed by atoms with Crippen molar-refractivity contribution in [2.24, 2.45) is 0 Å². The molecule has 1 amide bonds. The molecule has 7 nitrogen and oxygen atoms in total. The van der Waals surface area contributed by atoms with Gasteiger partial charge < -0.3 is 10.1 Å². The van der Waals surface area contributed by atoms with Gasteiger partial charge >= 0.3 is 0 Å². The van der Waals surface area contributed by atoms with Gasteiger partial charge in [-0.25, -0.2) is 0 Å². The number of ether oxygens (including phenoxy) is 1. The quantitative estimate of drug-likeness (QED) is 0.749. The summed E-state index contributed by atoms with van der Waals surface area (Å²) in [7, 11) is 0. The number of aromatic nitrogens is 4. The first-order chi connectivity index (χ1) is 12.7. The Balaban J connectivity index is 1.69. The molecule has 26 heavy (non-hydrogen) atoms. The maximum atomic E-state index is 12.5. The first-order valence-corrected chi connectivity index (χ1v) is 10.0. The predicted molar refractivity (Wildman–Crippen MR) is 101 cm³/mol. The van der Waals surface area contributed by atoms with E-state index in [1.807, 2.05) is 38.1 Å². The lowest BCUT2D eigenvalue weighted by Crippen LogP contribution is -2.40. The van der Waals surface area contributed by atoms with Crippen LogP contribution in [0.3, 0.4) is 0 Å². The number of amides is 1. The van der Waals surface area contributed by atoms with Gasteiger partial charge in [-0.1, -0.05) is 43.2 Å². The molecule has 1 atom stereocenters. The molecule has 0 radical (unpaired) electrons. The fourth-order valence-corrected chi connectivity index (χ4v) is 3.90. The summed E-state index contributed by atoms with van der Waals surface area (Å²) in [6.07, 6.45) is 5.80. The van der Waals surface area contributed by atoms with Gasteiger partial charge in [0.15, 0.2) is 0 Å². The minimum Gasteiger partial charge on any atom is -0.492 e. The summed E-state index contributed by atoms with van der Waals surface area (Å²) in [6.45, 7) is 4.38. The smallest absolute Gasteiger partial charge is 0.233 e. The van der Waals surface area contributed by atoms with Gasteiger partial charge in [-0.2, -0.15) is 4.68 Å². The largest absolute Gasteiger partial charge is 0.492 e. The van der Waals surface area contributed by atoms with Gasteiger partial charge in [0, 0.05) is 6.04 Å². The van der Waals surface area contributed by atoms with Gasteiger partial charge in [-0.05, 0) is 49.2 Å². The number of tetrazole rings is 1. The Kier molecular flexibility index (Phi) is 6.49. The maximum absolute atomic E-state index is 12.5. The Morgan fingerprint density at radius 1 is 1.35 bits per heavy atom. The number of nitrogens with one attached hydrogen (secondary N) is 1. The highest BCUT2D eigenvalue weighted by Crippen LogP contribution is 2.28. The molecule has 1 unspecified atom stereocenters. The Morgan fingerprint density at radius 2 is 2.12 bits per heavy atom. The summed E-state index contributed by atoms with van der Waals surface area (Å²) in [5.74, 6) is 0.748. The molecular weight excluding hydrogens is 350 g/mol. The van der Waals surface area contributed by atoms with E-state index in [1.54, 1.807) is 4.68 Å². The Hall–Kier alpha value is -2.09. The summed E-state index contributed by atoms with van der Waals surface area (Å²) < 4.78 is 7.29. The minimum absolute atomic E-state index is 0.0366. The molecule has 1 heterocycles. The van der Waals surface area contributed by atoms with Crippen molar-refractivity contribution in [2.75, 3.05) is 6.61 Å². The predicted octanol–water partition coefficient (Wildman–Crippen LogP) is 2.99. The third kappa shape index (κ3) is 4.55. The molecule has 8 heteroatoms. The first kappa shape index (κ1) is 18.7. The molecule has 1 aliphatic rings. The van der Waals surface area contributed by atoms with Crippen LogP contribution >= 0.6 is 11.8 Å². The van der Waals surface area contributed by atoms with E-state index in [-0.39, 0.29) is 11.2 Å². The highest BCUT2D eigenvalue weighted by atomic mass is 32.2. The normalized spacial score (nSPS) is 16.2. The van der Waals surface area contributed by atoms with Crippen LogP contribution in [0.15, 0.2) is 29.4 Å². The van der Waals surface area contributed by atoms with Gasteiger partial charge in [-0.15, -0.1) is 5.10 Å². The van der Waals surface area contributed by atoms with E-state index in [9.17, 15) is 4.79 Å². The number of hydrogen-bond donors (Lipinski definition) is 1. The monoisotopic (exact) mass is 375 g/mol. The molecule has 0 aliphatic heterocycles. The molecule has 2 aromatic rings. The number of carbonyl (C=O) groups is 1. The van der Waals surface area contributed by atoms with Crippen molar-refractivity contribution in [3.8, 4) is 11.4 Å². The first-order valence-electron chi connectivity index (χ1n) is 9.16. The fraction of sp³-hybridized carbons (Fsp3) is 0.556. The lowest BCUT2D eigenvalue weighted by molar-refractivity contribution is -0.121. The number of nitrogens with zero attached hydrogens (tertiary/aromatic N) is 4. The zero-order valence-corrected chi connectivity index (χ0v) is 16.0. The second-order valence-corrected chi connectivity index (χ2v) is 7.69. The van der Waals surface area contributed by atoms with E-state index < -0.39 is 0 Å². The van der Waals surface area contributed by atoms with Crippen LogP contribution in [0.4, 0.5) is 0 Å². The molecule has 1 fully saturated rings. The molecule has 140 valence electrons. The van der Waals surface area contributed by atoms with Crippen LogP contribution in [-0.2, 0) is 4.79 Å². The van der Waals surface area contributed by atoms with Gasteiger partial charge in [0.2, 0.25) is 11.1 Å². The van der Waals surface area contributed by atoms with Crippen molar-refractivity contribution in [2.45, 2.75) is 62.4 Å². The third-order valence-electron chi connectivity index (χ3n) is 4.44. The van der Waals surface area contributed by atoms with Crippen molar-refractivity contribution >= 4 is 17.7 Å². The summed E-state index contributed by atoms with van der Waals surface area (Å²) in [4.78, 5) is 12.5. The zero-order chi connectivity index (χ0) is 18.4. The Morgan fingerprint density at radius 3 is 2.88 bits per heavy atom. The highest BCUT2D eigenvalue weighted by Gasteiger charge is 2.23. The van der Waals surface area contributed by atoms with Crippen molar-refractivity contribution in [1.82, 2.24) is 25.5 Å². The lowest BCUT2D eigenvalue weighted by atomic mass is 9.95. The molecule has 3 rings (SSSR count). The fourth-order valence-electron chi connectivity index (χ4n) is 3.09. The Labute approximate surface area is 157 Å². The van der Waals surface area contributed by atoms with Gasteiger partial charge in [0.25, 0.3) is 0 Å². The number of benzene rings is 1. The van der Waals surface area contributed by atoms with Crippen LogP contribution < -0.4 is 10.1 Å². The molecule has 0 spiro atoms. The summed E-state index contributed by atoms with van der Waals surface area (Å²) >= 11 is 1.35. The molecular formula is C18H25N5O2S. The molecule has 0 bridgehead atoms. The van der Waals surface area contributed by atoms with Crippen LogP contribution in [0, 0.1) is 0 Å². The van der Waals surface area contributed by atoms with Gasteiger partial charge in [0.05, 0.1) is 11.9 Å². The summed E-state index contributed by atoms with van der Waals surface area (Å²) in [5.41, 5.74) is 0.765. The van der Waals surface area contributed by atoms with E-state index in [0.29, 0.717) is 23.6 Å². The summed E-state index contributed by atoms with van der Waals surface area (Å²) in [6, 6.07) is 7.90. The van der Waals surface area contributed by atoms with Crippen LogP contribution in [0.5, 0.6) is 5.75 Å². The van der Waals surface area contributed by atoms with Crippen molar-refractivity contribution in [3.05, 3.63) is 24.3 Å². The van der Waals surface area contributed by atoms with E-state index in [1.165, 1.54) is 31.0 Å². The second kappa shape index (κ2) is 9.02. The van der Waals surface area contributed by atoms with E-state index in [4.69, 9.17) is 4.74 Å². The van der Waals surface area contributed by atoms with Crippen molar-refractivity contribution < 1.29 is 9.53 Å². The number of hydrogen-bond acceptors (Lipinski definition) is 6. The molecule has 1 saturated carbocycles.